The molecule has 0 fully saturated rings. The number of nitrogens with zero attached hydrogens (tertiary/aromatic N) is 1. The predicted molar refractivity (Wildman–Crippen MR) is 107 cm³/mol. The summed E-state index contributed by atoms with van der Waals surface area (Å²) < 4.78 is 23.3. The maximum absolute atomic E-state index is 7.77. The van der Waals surface area contributed by atoms with Crippen LogP contribution < -0.4 is 0 Å². The van der Waals surface area contributed by atoms with Crippen molar-refractivity contribution in [3.8, 4) is 40.2 Å². The molecular formula is C24H20N+. The fourth-order valence-electron chi connectivity index (χ4n) is 2.79. The van der Waals surface area contributed by atoms with Gasteiger partial charge in [-0.3, -0.25) is 0 Å². The van der Waals surface area contributed by atoms with Gasteiger partial charge < -0.3 is 0 Å². The minimum atomic E-state index is -2.18. The lowest BCUT2D eigenvalue weighted by molar-refractivity contribution is 1.45. The van der Waals surface area contributed by atoms with Crippen LogP contribution in [0.1, 0.15) is 27.7 Å². The van der Waals surface area contributed by atoms with Gasteiger partial charge in [0.1, 0.15) is 5.56 Å². The third kappa shape index (κ3) is 3.97. The molecule has 0 aromatic heterocycles. The first-order valence-electron chi connectivity index (χ1n) is 9.55. The smallest absolute Gasteiger partial charge is 0.101 e. The van der Waals surface area contributed by atoms with Crippen LogP contribution in [0.5, 0.6) is 0 Å². The average molecular weight is 325 g/mol. The molecular weight excluding hydrogens is 302 g/mol. The number of rotatable bonds is 2. The molecule has 0 aliphatic rings. The molecule has 1 heteroatoms. The van der Waals surface area contributed by atoms with Crippen molar-refractivity contribution in [1.82, 2.24) is 0 Å². The molecule has 0 aliphatic heterocycles. The zero-order valence-corrected chi connectivity index (χ0v) is 14.3. The Balaban J connectivity index is 2.11. The van der Waals surface area contributed by atoms with Crippen LogP contribution in [0.25, 0.3) is 27.1 Å². The number of hydrogen-bond acceptors (Lipinski definition) is 0. The Morgan fingerprint density at radius 1 is 0.800 bits per heavy atom. The van der Waals surface area contributed by atoms with Gasteiger partial charge >= 0.3 is 6.07 Å². The summed E-state index contributed by atoms with van der Waals surface area (Å²) in [6.07, 6.45) is 0. The van der Waals surface area contributed by atoms with Gasteiger partial charge in [0.2, 0.25) is 0 Å². The Hall–Kier alpha value is -3.29. The standard InChI is InChI=1S/C24H20N/c1-4-7-19-12-18(2)13-24(14-19)23-11-6-10-22(16-23)21-9-5-8-20(15-21)17-25-3/h5-6,8-16H,1-3H3/q+1/i2D3. The van der Waals surface area contributed by atoms with Crippen LogP contribution in [0.15, 0.2) is 66.7 Å². The van der Waals surface area contributed by atoms with Crippen LogP contribution in [0, 0.1) is 24.8 Å². The van der Waals surface area contributed by atoms with Crippen molar-refractivity contribution in [2.24, 2.45) is 0 Å². The summed E-state index contributed by atoms with van der Waals surface area (Å²) in [5.41, 5.74) is 5.79. The third-order valence-electron chi connectivity index (χ3n) is 3.84. The molecule has 0 aliphatic carbocycles. The van der Waals surface area contributed by atoms with E-state index in [0.717, 1.165) is 27.8 Å². The van der Waals surface area contributed by atoms with E-state index >= 15 is 0 Å². The molecule has 3 aromatic rings. The van der Waals surface area contributed by atoms with Gasteiger partial charge in [0, 0.05) is 9.68 Å². The minimum absolute atomic E-state index is 0.295. The summed E-state index contributed by atoms with van der Waals surface area (Å²) in [6, 6.07) is 24.3. The van der Waals surface area contributed by atoms with Crippen LogP contribution >= 0.6 is 0 Å². The summed E-state index contributed by atoms with van der Waals surface area (Å²) in [5.74, 6) is 5.83. The van der Waals surface area contributed by atoms with Gasteiger partial charge in [-0.05, 0) is 71.9 Å². The first-order valence-corrected chi connectivity index (χ1v) is 8.05. The largest absolute Gasteiger partial charge is 0.310 e. The quantitative estimate of drug-likeness (QED) is 0.508. The highest BCUT2D eigenvalue weighted by Crippen LogP contribution is 2.28. The predicted octanol–water partition coefficient (Wildman–Crippen LogP) is 6.01. The highest BCUT2D eigenvalue weighted by atomic mass is 14.6. The molecule has 0 spiro atoms. The van der Waals surface area contributed by atoms with Gasteiger partial charge in [0.15, 0.2) is 0 Å². The van der Waals surface area contributed by atoms with Crippen molar-refractivity contribution in [1.29, 1.82) is 0 Å². The zero-order chi connectivity index (χ0) is 20.1. The van der Waals surface area contributed by atoms with Crippen molar-refractivity contribution < 1.29 is 4.11 Å². The fraction of sp³-hybridized carbons (Fsp3) is 0.125. The molecule has 0 saturated carbocycles. The first-order chi connectivity index (χ1) is 13.4. The number of hydrogen-bond donors (Lipinski definition) is 0. The maximum Gasteiger partial charge on any atom is 0.310 e. The fourth-order valence-corrected chi connectivity index (χ4v) is 2.79. The maximum atomic E-state index is 7.77. The Morgan fingerprint density at radius 3 is 2.20 bits per heavy atom. The van der Waals surface area contributed by atoms with E-state index in [1.807, 2.05) is 48.5 Å². The van der Waals surface area contributed by atoms with E-state index in [1.54, 1.807) is 26.1 Å². The van der Waals surface area contributed by atoms with Gasteiger partial charge in [-0.2, -0.15) is 0 Å². The molecule has 0 heterocycles. The van der Waals surface area contributed by atoms with Crippen LogP contribution in [-0.2, 0) is 0 Å². The van der Waals surface area contributed by atoms with Crippen LogP contribution in [0.3, 0.4) is 0 Å². The second kappa shape index (κ2) is 7.52. The van der Waals surface area contributed by atoms with E-state index in [1.165, 1.54) is 0 Å². The van der Waals surface area contributed by atoms with Crippen LogP contribution in [-0.4, -0.2) is 7.05 Å². The van der Waals surface area contributed by atoms with Crippen molar-refractivity contribution in [3.05, 3.63) is 88.3 Å². The molecule has 3 aromatic carbocycles. The minimum Gasteiger partial charge on any atom is -0.101 e. The monoisotopic (exact) mass is 325 g/mol. The van der Waals surface area contributed by atoms with Crippen molar-refractivity contribution >= 4 is 0 Å². The molecule has 0 N–H and O–H groups in total. The second-order valence-corrected chi connectivity index (χ2v) is 5.67. The number of benzene rings is 3. The van der Waals surface area contributed by atoms with Gasteiger partial charge in [0.25, 0.3) is 7.05 Å². The topological polar surface area (TPSA) is 4.36 Å². The van der Waals surface area contributed by atoms with Gasteiger partial charge in [-0.25, -0.2) is 0 Å². The average Bonchev–Trinajstić information content (AvgIpc) is 2.68. The van der Waals surface area contributed by atoms with E-state index < -0.39 is 6.85 Å². The lowest BCUT2D eigenvalue weighted by Crippen LogP contribution is -1.86. The van der Waals surface area contributed by atoms with Crippen molar-refractivity contribution in [2.75, 3.05) is 7.05 Å². The number of aryl methyl sites for hydroxylation is 1. The van der Waals surface area contributed by atoms with Crippen LogP contribution in [0.2, 0.25) is 0 Å². The Kier molecular flexibility index (Phi) is 3.93. The Labute approximate surface area is 154 Å². The SMILES string of the molecule is [2H]C([2H])([2H])c1cc(C#CC)cc(-c2cccc(-c3cccc(C#[N+]C)c3)c2)c1. The highest BCUT2D eigenvalue weighted by molar-refractivity contribution is 5.74. The van der Waals surface area contributed by atoms with Gasteiger partial charge in [-0.15, -0.1) is 5.92 Å². The molecule has 0 unspecified atom stereocenters. The molecule has 0 radical (unpaired) electrons. The third-order valence-corrected chi connectivity index (χ3v) is 3.84. The zero-order valence-electron chi connectivity index (χ0n) is 17.3. The summed E-state index contributed by atoms with van der Waals surface area (Å²) in [5, 5.41) is 0. The molecule has 25 heavy (non-hydrogen) atoms. The van der Waals surface area contributed by atoms with Crippen LogP contribution in [0.4, 0.5) is 0 Å². The Morgan fingerprint density at radius 2 is 1.48 bits per heavy atom. The lowest BCUT2D eigenvalue weighted by Gasteiger charge is -2.08. The van der Waals surface area contributed by atoms with Crippen molar-refractivity contribution in [2.45, 2.75) is 13.8 Å². The molecule has 0 saturated heterocycles. The lowest BCUT2D eigenvalue weighted by atomic mass is 9.96. The molecule has 0 bridgehead atoms. The normalized spacial score (nSPS) is 11.8. The molecule has 120 valence electrons. The molecule has 3 rings (SSSR count). The van der Waals surface area contributed by atoms with Crippen molar-refractivity contribution in [3.63, 3.8) is 0 Å². The van der Waals surface area contributed by atoms with E-state index in [-0.39, 0.29) is 0 Å². The molecule has 1 nitrogen and oxygen atoms in total. The molecule has 0 amide bonds. The summed E-state index contributed by atoms with van der Waals surface area (Å²) in [4.78, 5) is 3.95. The Bertz CT molecular complexity index is 1140. The summed E-state index contributed by atoms with van der Waals surface area (Å²) in [6.45, 7) is -0.437. The van der Waals surface area contributed by atoms with E-state index in [9.17, 15) is 0 Å². The highest BCUT2D eigenvalue weighted by Gasteiger charge is 2.05. The summed E-state index contributed by atoms with van der Waals surface area (Å²) in [7, 11) is 1.70. The van der Waals surface area contributed by atoms with E-state index in [4.69, 9.17) is 4.11 Å². The first kappa shape index (κ1) is 13.1. The second-order valence-electron chi connectivity index (χ2n) is 5.67. The van der Waals surface area contributed by atoms with Gasteiger partial charge in [-0.1, -0.05) is 47.2 Å². The van der Waals surface area contributed by atoms with E-state index in [0.29, 0.717) is 11.1 Å². The van der Waals surface area contributed by atoms with Gasteiger partial charge in [0.05, 0.1) is 0 Å². The molecule has 0 atom stereocenters. The summed E-state index contributed by atoms with van der Waals surface area (Å²) >= 11 is 0. The van der Waals surface area contributed by atoms with E-state index in [2.05, 4.69) is 28.8 Å².